The van der Waals surface area contributed by atoms with E-state index < -0.39 is 6.29 Å². The van der Waals surface area contributed by atoms with Gasteiger partial charge in [0.1, 0.15) is 7.11 Å². The molecule has 86 valence electrons. The quantitative estimate of drug-likeness (QED) is 0.577. The van der Waals surface area contributed by atoms with Crippen molar-refractivity contribution in [1.29, 1.82) is 0 Å². The molecule has 0 saturated carbocycles. The number of hydrogen-bond donors (Lipinski definition) is 0. The Hall–Kier alpha value is -1.85. The van der Waals surface area contributed by atoms with Gasteiger partial charge in [0.2, 0.25) is 0 Å². The van der Waals surface area contributed by atoms with Gasteiger partial charge in [-0.1, -0.05) is 5.16 Å². The van der Waals surface area contributed by atoms with Crippen LogP contribution >= 0.6 is 0 Å². The number of benzene rings is 1. The molecule has 0 N–H and O–H groups in total. The first-order chi connectivity index (χ1) is 7.52. The fraction of sp³-hybridized carbons (Fsp3) is 0.300. The Balaban J connectivity index is 2.33. The largest absolute Gasteiger partial charge is 0.586 e. The summed E-state index contributed by atoms with van der Waals surface area (Å²) in [6.45, 7) is 1.69. The van der Waals surface area contributed by atoms with E-state index in [2.05, 4.69) is 19.5 Å². The molecule has 1 aliphatic heterocycles. The van der Waals surface area contributed by atoms with Crippen LogP contribution in [0.5, 0.6) is 11.5 Å². The molecule has 0 aliphatic carbocycles. The summed E-state index contributed by atoms with van der Waals surface area (Å²) >= 11 is 0. The molecule has 1 aliphatic rings. The number of ether oxygens (including phenoxy) is 2. The third kappa shape index (κ3) is 1.91. The van der Waals surface area contributed by atoms with E-state index in [0.717, 1.165) is 0 Å². The Labute approximate surface area is 90.4 Å². The van der Waals surface area contributed by atoms with Gasteiger partial charge in [0.05, 0.1) is 5.71 Å². The molecular formula is C10H9F2NO3. The van der Waals surface area contributed by atoms with Gasteiger partial charge in [-0.05, 0) is 25.1 Å². The highest BCUT2D eigenvalue weighted by Crippen LogP contribution is 2.41. The van der Waals surface area contributed by atoms with E-state index in [4.69, 9.17) is 0 Å². The molecule has 0 bridgehead atoms. The van der Waals surface area contributed by atoms with Gasteiger partial charge in [-0.2, -0.15) is 0 Å². The minimum atomic E-state index is -3.59. The summed E-state index contributed by atoms with van der Waals surface area (Å²) in [5, 5.41) is 3.69. The van der Waals surface area contributed by atoms with Crippen LogP contribution in [0.15, 0.2) is 23.4 Å². The van der Waals surface area contributed by atoms with Gasteiger partial charge in [0.15, 0.2) is 11.5 Å². The van der Waals surface area contributed by atoms with Gasteiger partial charge in [-0.25, -0.2) is 0 Å². The lowest BCUT2D eigenvalue weighted by atomic mass is 10.1. The van der Waals surface area contributed by atoms with Crippen molar-refractivity contribution >= 4 is 5.71 Å². The van der Waals surface area contributed by atoms with Crippen LogP contribution in [0, 0.1) is 0 Å². The monoisotopic (exact) mass is 229 g/mol. The molecule has 2 rings (SSSR count). The van der Waals surface area contributed by atoms with E-state index in [9.17, 15) is 8.78 Å². The second kappa shape index (κ2) is 3.62. The van der Waals surface area contributed by atoms with Gasteiger partial charge < -0.3 is 14.3 Å². The van der Waals surface area contributed by atoms with E-state index in [1.54, 1.807) is 13.0 Å². The molecule has 0 fully saturated rings. The summed E-state index contributed by atoms with van der Waals surface area (Å²) < 4.78 is 34.0. The van der Waals surface area contributed by atoms with Gasteiger partial charge in [-0.3, -0.25) is 0 Å². The van der Waals surface area contributed by atoms with Crippen molar-refractivity contribution in [3.05, 3.63) is 23.8 Å². The van der Waals surface area contributed by atoms with Crippen LogP contribution in [-0.4, -0.2) is 19.1 Å². The van der Waals surface area contributed by atoms with Gasteiger partial charge >= 0.3 is 6.29 Å². The third-order valence-electron chi connectivity index (χ3n) is 2.05. The van der Waals surface area contributed by atoms with Crippen LogP contribution in [0.2, 0.25) is 0 Å². The topological polar surface area (TPSA) is 40.0 Å². The van der Waals surface area contributed by atoms with Gasteiger partial charge in [-0.15, -0.1) is 8.78 Å². The predicted octanol–water partition coefficient (Wildman–Crippen LogP) is 2.38. The molecule has 0 unspecified atom stereocenters. The molecule has 6 heteroatoms. The van der Waals surface area contributed by atoms with Crippen LogP contribution in [0.3, 0.4) is 0 Å². The maximum Gasteiger partial charge on any atom is 0.586 e. The minimum Gasteiger partial charge on any atom is -0.399 e. The first-order valence-electron chi connectivity index (χ1n) is 4.50. The van der Waals surface area contributed by atoms with Crippen molar-refractivity contribution in [2.45, 2.75) is 13.2 Å². The lowest BCUT2D eigenvalue weighted by molar-refractivity contribution is -0.286. The number of rotatable bonds is 2. The first kappa shape index (κ1) is 10.7. The van der Waals surface area contributed by atoms with Gasteiger partial charge in [0.25, 0.3) is 0 Å². The van der Waals surface area contributed by atoms with Crippen molar-refractivity contribution < 1.29 is 23.1 Å². The van der Waals surface area contributed by atoms with Crippen molar-refractivity contribution in [2.75, 3.05) is 7.11 Å². The summed E-state index contributed by atoms with van der Waals surface area (Å²) in [5.74, 6) is 0.00659. The predicted molar refractivity (Wildman–Crippen MR) is 51.9 cm³/mol. The third-order valence-corrected chi connectivity index (χ3v) is 2.05. The van der Waals surface area contributed by atoms with Crippen LogP contribution in [-0.2, 0) is 4.84 Å². The average Bonchev–Trinajstić information content (AvgIpc) is 2.50. The second-order valence-electron chi connectivity index (χ2n) is 3.19. The van der Waals surface area contributed by atoms with Crippen molar-refractivity contribution in [1.82, 2.24) is 0 Å². The number of alkyl halides is 2. The Morgan fingerprint density at radius 1 is 1.31 bits per heavy atom. The van der Waals surface area contributed by atoms with E-state index in [-0.39, 0.29) is 11.5 Å². The zero-order valence-electron chi connectivity index (χ0n) is 8.66. The van der Waals surface area contributed by atoms with Gasteiger partial charge in [0, 0.05) is 5.56 Å². The molecule has 1 heterocycles. The van der Waals surface area contributed by atoms with E-state index >= 15 is 0 Å². The summed E-state index contributed by atoms with van der Waals surface area (Å²) in [6, 6.07) is 4.43. The maximum atomic E-state index is 12.7. The number of oxime groups is 1. The number of hydrogen-bond acceptors (Lipinski definition) is 4. The Morgan fingerprint density at radius 3 is 2.69 bits per heavy atom. The molecule has 16 heavy (non-hydrogen) atoms. The molecule has 0 radical (unpaired) electrons. The molecule has 1 aromatic carbocycles. The van der Waals surface area contributed by atoms with Crippen LogP contribution in [0.1, 0.15) is 12.5 Å². The van der Waals surface area contributed by atoms with E-state index in [0.29, 0.717) is 11.3 Å². The highest BCUT2D eigenvalue weighted by atomic mass is 19.3. The lowest BCUT2D eigenvalue weighted by Gasteiger charge is -2.04. The highest BCUT2D eigenvalue weighted by Gasteiger charge is 2.43. The molecule has 0 saturated heterocycles. The molecule has 4 nitrogen and oxygen atoms in total. The Bertz CT molecular complexity index is 446. The smallest absolute Gasteiger partial charge is 0.399 e. The minimum absolute atomic E-state index is 0.00634. The van der Waals surface area contributed by atoms with Crippen molar-refractivity contribution in [3.63, 3.8) is 0 Å². The van der Waals surface area contributed by atoms with Crippen LogP contribution < -0.4 is 9.47 Å². The molecule has 1 aromatic rings. The molecule has 0 spiro atoms. The Kier molecular flexibility index (Phi) is 2.41. The lowest BCUT2D eigenvalue weighted by Crippen LogP contribution is -2.25. The van der Waals surface area contributed by atoms with E-state index in [1.165, 1.54) is 19.2 Å². The molecule has 0 aromatic heterocycles. The zero-order valence-corrected chi connectivity index (χ0v) is 8.66. The summed E-state index contributed by atoms with van der Waals surface area (Å²) in [4.78, 5) is 4.59. The SMILES string of the molecule is CON=C(C)c1ccc2c(c1)OC(F)(F)O2. The van der Waals surface area contributed by atoms with Crippen molar-refractivity contribution in [2.24, 2.45) is 5.16 Å². The zero-order chi connectivity index (χ0) is 11.8. The average molecular weight is 229 g/mol. The summed E-state index contributed by atoms with van der Waals surface area (Å²) in [5.41, 5.74) is 1.19. The summed E-state index contributed by atoms with van der Waals surface area (Å²) in [7, 11) is 1.41. The van der Waals surface area contributed by atoms with E-state index in [1.807, 2.05) is 0 Å². The highest BCUT2D eigenvalue weighted by molar-refractivity contribution is 5.98. The normalized spacial score (nSPS) is 17.4. The second-order valence-corrected chi connectivity index (χ2v) is 3.19. The molecule has 0 amide bonds. The first-order valence-corrected chi connectivity index (χ1v) is 4.50. The number of halogens is 2. The number of fused-ring (bicyclic) bond motifs is 1. The summed E-state index contributed by atoms with van der Waals surface area (Å²) in [6.07, 6.45) is -3.59. The fourth-order valence-electron chi connectivity index (χ4n) is 1.36. The maximum absolute atomic E-state index is 12.7. The standard InChI is InChI=1S/C10H9F2NO3/c1-6(13-14-2)7-3-4-8-9(5-7)16-10(11,12)15-8/h3-5H,1-2H3. The van der Waals surface area contributed by atoms with Crippen LogP contribution in [0.4, 0.5) is 8.78 Å². The Morgan fingerprint density at radius 2 is 2.00 bits per heavy atom. The molecule has 0 atom stereocenters. The van der Waals surface area contributed by atoms with Crippen molar-refractivity contribution in [3.8, 4) is 11.5 Å². The molecular weight excluding hydrogens is 220 g/mol. The fourth-order valence-corrected chi connectivity index (χ4v) is 1.36. The van der Waals surface area contributed by atoms with Crippen LogP contribution in [0.25, 0.3) is 0 Å². The number of nitrogens with zero attached hydrogens (tertiary/aromatic N) is 1.